The Bertz CT molecular complexity index is 1480. The maximum atomic E-state index is 14.1. The van der Waals surface area contributed by atoms with Crippen LogP contribution in [0.2, 0.25) is 0 Å². The second kappa shape index (κ2) is 11.6. The second-order valence-corrected chi connectivity index (χ2v) is 10.6. The summed E-state index contributed by atoms with van der Waals surface area (Å²) in [6.07, 6.45) is -3.76. The number of amides is 3. The Morgan fingerprint density at radius 1 is 1.28 bits per heavy atom. The minimum Gasteiger partial charge on any atom is -0.382 e. The lowest BCUT2D eigenvalue weighted by Crippen LogP contribution is -2.58. The highest BCUT2D eigenvalue weighted by Gasteiger charge is 2.43. The number of carbonyl (C=O) groups is 2. The van der Waals surface area contributed by atoms with Gasteiger partial charge in [-0.15, -0.1) is 0 Å². The lowest BCUT2D eigenvalue weighted by atomic mass is 10.1. The zero-order valence-corrected chi connectivity index (χ0v) is 23.3. The quantitative estimate of drug-likeness (QED) is 0.310. The van der Waals surface area contributed by atoms with Crippen molar-refractivity contribution >= 4 is 17.6 Å². The summed E-state index contributed by atoms with van der Waals surface area (Å²) in [5.41, 5.74) is 0.834. The van der Waals surface area contributed by atoms with E-state index < -0.39 is 61.4 Å². The number of hydrogen-bond acceptors (Lipinski definition) is 9. The molecule has 234 valence electrons. The average Bonchev–Trinajstić information content (AvgIpc) is 3.50. The highest BCUT2D eigenvalue weighted by atomic mass is 19.4. The summed E-state index contributed by atoms with van der Waals surface area (Å²) >= 11 is 0. The maximum Gasteiger partial charge on any atom is 0.414 e. The number of halogens is 5. The smallest absolute Gasteiger partial charge is 0.382 e. The number of hydrogen-bond donors (Lipinski definition) is 2. The Hall–Kier alpha value is -3.93. The molecule has 0 bridgehead atoms. The van der Waals surface area contributed by atoms with Crippen molar-refractivity contribution in [1.29, 1.82) is 0 Å². The summed E-state index contributed by atoms with van der Waals surface area (Å²) in [7, 11) is 1.35. The van der Waals surface area contributed by atoms with E-state index in [0.29, 0.717) is 11.3 Å². The van der Waals surface area contributed by atoms with Crippen molar-refractivity contribution in [2.75, 3.05) is 26.8 Å². The van der Waals surface area contributed by atoms with E-state index in [9.17, 15) is 31.5 Å². The SMILES string of the molecule is COC[C@H](c1cnn2cc([C@@H](NC(=O)c3nonc3C3CC3)[C@@H](C)O[C@H](C)C(F)(F)F)nc2c1)N1CC(F)(F)CNC1=O. The van der Waals surface area contributed by atoms with E-state index in [2.05, 4.69) is 31.0 Å². The lowest BCUT2D eigenvalue weighted by molar-refractivity contribution is -0.227. The van der Waals surface area contributed by atoms with E-state index >= 15 is 0 Å². The molecule has 0 aromatic carbocycles. The monoisotopic (exact) mass is 616 g/mol. The number of urea groups is 1. The summed E-state index contributed by atoms with van der Waals surface area (Å²) < 4.78 is 84.7. The van der Waals surface area contributed by atoms with Crippen LogP contribution in [0, 0.1) is 0 Å². The van der Waals surface area contributed by atoms with E-state index in [1.54, 1.807) is 0 Å². The van der Waals surface area contributed by atoms with Gasteiger partial charge in [0.2, 0.25) is 0 Å². The van der Waals surface area contributed by atoms with Gasteiger partial charge < -0.3 is 25.0 Å². The van der Waals surface area contributed by atoms with Crippen LogP contribution in [-0.4, -0.2) is 92.9 Å². The van der Waals surface area contributed by atoms with E-state index in [-0.39, 0.29) is 29.6 Å². The van der Waals surface area contributed by atoms with Crippen molar-refractivity contribution in [3.8, 4) is 0 Å². The Kier molecular flexibility index (Phi) is 8.26. The number of nitrogens with zero attached hydrogens (tertiary/aromatic N) is 6. The van der Waals surface area contributed by atoms with Gasteiger partial charge in [-0.1, -0.05) is 5.16 Å². The molecule has 4 atom stereocenters. The van der Waals surface area contributed by atoms with Gasteiger partial charge in [0.1, 0.15) is 5.69 Å². The molecule has 0 radical (unpaired) electrons. The van der Waals surface area contributed by atoms with E-state index in [0.717, 1.165) is 24.7 Å². The van der Waals surface area contributed by atoms with Crippen LogP contribution in [0.5, 0.6) is 0 Å². The van der Waals surface area contributed by atoms with Crippen LogP contribution in [0.3, 0.4) is 0 Å². The summed E-state index contributed by atoms with van der Waals surface area (Å²) in [5.74, 6) is -3.92. The second-order valence-electron chi connectivity index (χ2n) is 10.6. The van der Waals surface area contributed by atoms with Crippen molar-refractivity contribution in [2.45, 2.75) is 69.0 Å². The number of rotatable bonds is 11. The van der Waals surface area contributed by atoms with E-state index in [1.165, 1.54) is 37.0 Å². The van der Waals surface area contributed by atoms with Crippen molar-refractivity contribution in [3.05, 3.63) is 41.1 Å². The van der Waals surface area contributed by atoms with Gasteiger partial charge in [-0.05, 0) is 37.9 Å². The molecule has 13 nitrogen and oxygen atoms in total. The number of methoxy groups -OCH3 is 1. The Labute approximate surface area is 241 Å². The van der Waals surface area contributed by atoms with Crippen molar-refractivity contribution in [1.82, 2.24) is 40.4 Å². The molecular weight excluding hydrogens is 587 g/mol. The third kappa shape index (κ3) is 6.69. The molecule has 1 aliphatic carbocycles. The molecule has 2 aliphatic rings. The molecule has 0 spiro atoms. The van der Waals surface area contributed by atoms with Gasteiger partial charge in [-0.2, -0.15) is 18.3 Å². The average molecular weight is 617 g/mol. The summed E-state index contributed by atoms with van der Waals surface area (Å²) in [4.78, 5) is 31.1. The van der Waals surface area contributed by atoms with Gasteiger partial charge in [0.05, 0.1) is 56.0 Å². The van der Waals surface area contributed by atoms with Gasteiger partial charge in [-0.25, -0.2) is 27.7 Å². The van der Waals surface area contributed by atoms with Crippen LogP contribution in [0.25, 0.3) is 5.65 Å². The van der Waals surface area contributed by atoms with Crippen LogP contribution in [-0.2, 0) is 9.47 Å². The number of imidazole rings is 1. The molecule has 3 amide bonds. The van der Waals surface area contributed by atoms with Crippen LogP contribution < -0.4 is 10.6 Å². The third-order valence-corrected chi connectivity index (χ3v) is 7.25. The largest absolute Gasteiger partial charge is 0.414 e. The predicted octanol–water partition coefficient (Wildman–Crippen LogP) is 3.16. The molecule has 43 heavy (non-hydrogen) atoms. The zero-order chi connectivity index (χ0) is 31.1. The van der Waals surface area contributed by atoms with Crippen LogP contribution in [0.1, 0.15) is 72.1 Å². The first-order valence-electron chi connectivity index (χ1n) is 13.4. The standard InChI is InChI=1S/C25H29F5N8O5/c1-12(42-13(2)25(28,29)30)19(34-22(39)21-20(14-4-5-14)35-43-36-21)16-8-38-18(33-16)6-15(7-32-38)17(9-41-3)37-11-24(26,27)10-31-23(37)40/h6-8,12-14,17,19H,4-5,9-11H2,1-3H3,(H,31,40)(H,34,39)/t12-,13-,17-,19+/m1/s1. The minimum absolute atomic E-state index is 0.00386. The van der Waals surface area contributed by atoms with Gasteiger partial charge in [-0.3, -0.25) is 4.79 Å². The molecule has 18 heteroatoms. The molecule has 5 rings (SSSR count). The lowest BCUT2D eigenvalue weighted by Gasteiger charge is -2.38. The number of nitrogens with one attached hydrogen (secondary N) is 2. The first kappa shape index (κ1) is 30.5. The van der Waals surface area contributed by atoms with E-state index in [1.807, 2.05) is 0 Å². The minimum atomic E-state index is -4.67. The number of alkyl halides is 5. The summed E-state index contributed by atoms with van der Waals surface area (Å²) in [5, 5.41) is 16.5. The highest BCUT2D eigenvalue weighted by molar-refractivity contribution is 5.93. The normalized spacial score (nSPS) is 20.0. The summed E-state index contributed by atoms with van der Waals surface area (Å²) in [6.45, 7) is 0.412. The van der Waals surface area contributed by atoms with Crippen molar-refractivity contribution in [2.24, 2.45) is 0 Å². The van der Waals surface area contributed by atoms with Gasteiger partial charge in [0.25, 0.3) is 11.8 Å². The highest BCUT2D eigenvalue weighted by Crippen LogP contribution is 2.40. The fraction of sp³-hybridized carbons (Fsp3) is 0.600. The predicted molar refractivity (Wildman–Crippen MR) is 135 cm³/mol. The Morgan fingerprint density at radius 2 is 2.02 bits per heavy atom. The Balaban J connectivity index is 1.46. The zero-order valence-electron chi connectivity index (χ0n) is 23.3. The summed E-state index contributed by atoms with van der Waals surface area (Å²) in [6, 6.07) is -1.40. The molecule has 0 unspecified atom stereocenters. The number of fused-ring (bicyclic) bond motifs is 1. The molecule has 1 saturated carbocycles. The maximum absolute atomic E-state index is 14.1. The fourth-order valence-corrected chi connectivity index (χ4v) is 4.80. The first-order chi connectivity index (χ1) is 20.3. The van der Waals surface area contributed by atoms with Crippen LogP contribution in [0.4, 0.5) is 26.7 Å². The Morgan fingerprint density at radius 3 is 2.70 bits per heavy atom. The fourth-order valence-electron chi connectivity index (χ4n) is 4.80. The third-order valence-electron chi connectivity index (χ3n) is 7.25. The van der Waals surface area contributed by atoms with Crippen LogP contribution in [0.15, 0.2) is 23.1 Å². The molecular formula is C25H29F5N8O5. The van der Waals surface area contributed by atoms with Crippen LogP contribution >= 0.6 is 0 Å². The van der Waals surface area contributed by atoms with Gasteiger partial charge in [0.15, 0.2) is 17.4 Å². The molecule has 1 aliphatic heterocycles. The molecule has 2 N–H and O–H groups in total. The van der Waals surface area contributed by atoms with Crippen molar-refractivity contribution < 1.29 is 45.6 Å². The molecule has 1 saturated heterocycles. The first-order valence-corrected chi connectivity index (χ1v) is 13.4. The molecule has 3 aromatic heterocycles. The van der Waals surface area contributed by atoms with Crippen molar-refractivity contribution in [3.63, 3.8) is 0 Å². The van der Waals surface area contributed by atoms with E-state index in [4.69, 9.17) is 14.1 Å². The molecule has 3 aromatic rings. The number of ether oxygens (including phenoxy) is 2. The van der Waals surface area contributed by atoms with Gasteiger partial charge in [0, 0.05) is 18.6 Å². The number of carbonyl (C=O) groups excluding carboxylic acids is 2. The number of aromatic nitrogens is 5. The molecule has 2 fully saturated rings. The topological polar surface area (TPSA) is 149 Å². The molecule has 4 heterocycles. The van der Waals surface area contributed by atoms with Gasteiger partial charge >= 0.3 is 12.2 Å².